The lowest BCUT2D eigenvalue weighted by Gasteiger charge is -2.04. The summed E-state index contributed by atoms with van der Waals surface area (Å²) in [6.07, 6.45) is 1.12. The summed E-state index contributed by atoms with van der Waals surface area (Å²) in [5, 5.41) is 10.9. The predicted molar refractivity (Wildman–Crippen MR) is 67.3 cm³/mol. The summed E-state index contributed by atoms with van der Waals surface area (Å²) in [7, 11) is -3.12. The van der Waals surface area contributed by atoms with E-state index in [0.29, 0.717) is 11.4 Å². The Balaban J connectivity index is 2.30. The molecule has 1 heterocycles. The summed E-state index contributed by atoms with van der Waals surface area (Å²) in [4.78, 5) is 0. The second-order valence-electron chi connectivity index (χ2n) is 4.09. The molecule has 0 aliphatic rings. The Morgan fingerprint density at radius 3 is 2.79 bits per heavy atom. The molecule has 7 nitrogen and oxygen atoms in total. The molecule has 0 fully saturated rings. The molecule has 0 aliphatic carbocycles. The highest BCUT2D eigenvalue weighted by Gasteiger charge is 2.12. The van der Waals surface area contributed by atoms with Crippen molar-refractivity contribution in [3.8, 4) is 11.4 Å². The number of rotatable bonds is 4. The molecule has 1 aromatic heterocycles. The van der Waals surface area contributed by atoms with Crippen LogP contribution in [0.5, 0.6) is 0 Å². The molecule has 19 heavy (non-hydrogen) atoms. The van der Waals surface area contributed by atoms with E-state index >= 15 is 0 Å². The Bertz CT molecular complexity index is 698. The van der Waals surface area contributed by atoms with Gasteiger partial charge in [-0.2, -0.15) is 0 Å². The van der Waals surface area contributed by atoms with Gasteiger partial charge in [0, 0.05) is 11.8 Å². The number of tetrazole rings is 1. The minimum absolute atomic E-state index is 0.0268. The molecule has 2 rings (SSSR count). The number of nitrogens with two attached hydrogens (primary N) is 1. The first-order valence-electron chi connectivity index (χ1n) is 5.36. The Morgan fingerprint density at radius 1 is 1.42 bits per heavy atom. The second-order valence-corrected chi connectivity index (χ2v) is 6.35. The molecule has 0 unspecified atom stereocenters. The molecule has 0 aliphatic heterocycles. The Hall–Kier alpha value is -2.03. The van der Waals surface area contributed by atoms with Crippen LogP contribution in [0.1, 0.15) is 0 Å². The molecule has 0 amide bonds. The zero-order chi connectivity index (χ0) is 14.0. The third-order valence-electron chi connectivity index (χ3n) is 2.46. The van der Waals surface area contributed by atoms with Gasteiger partial charge in [0.25, 0.3) is 0 Å². The average molecular weight is 285 g/mol. The lowest BCUT2D eigenvalue weighted by Crippen LogP contribution is -2.13. The van der Waals surface area contributed by atoms with Gasteiger partial charge < -0.3 is 5.73 Å². The zero-order valence-corrected chi connectivity index (χ0v) is 10.9. The van der Waals surface area contributed by atoms with Crippen molar-refractivity contribution in [3.05, 3.63) is 24.0 Å². The van der Waals surface area contributed by atoms with E-state index in [0.717, 1.165) is 6.26 Å². The highest BCUT2D eigenvalue weighted by atomic mass is 32.2. The summed E-state index contributed by atoms with van der Waals surface area (Å²) in [5.74, 6) is -0.375. The molecule has 1 aromatic carbocycles. The van der Waals surface area contributed by atoms with Crippen molar-refractivity contribution in [1.29, 1.82) is 0 Å². The number of halogens is 1. The van der Waals surface area contributed by atoms with E-state index in [1.807, 2.05) is 0 Å². The van der Waals surface area contributed by atoms with E-state index in [-0.39, 0.29) is 18.0 Å². The van der Waals surface area contributed by atoms with Gasteiger partial charge in [-0.3, -0.25) is 0 Å². The molecule has 0 saturated carbocycles. The fourth-order valence-electron chi connectivity index (χ4n) is 1.48. The normalized spacial score (nSPS) is 11.7. The largest absolute Gasteiger partial charge is 0.396 e. The molecule has 0 saturated heterocycles. The molecule has 0 bridgehead atoms. The highest BCUT2D eigenvalue weighted by molar-refractivity contribution is 7.90. The number of nitrogens with zero attached hydrogens (tertiary/aromatic N) is 4. The van der Waals surface area contributed by atoms with Crippen molar-refractivity contribution in [3.63, 3.8) is 0 Å². The molecular formula is C10H12FN5O2S. The van der Waals surface area contributed by atoms with E-state index < -0.39 is 15.7 Å². The summed E-state index contributed by atoms with van der Waals surface area (Å²) in [5.41, 5.74) is 5.85. The predicted octanol–water partition coefficient (Wildman–Crippen LogP) is 0.106. The lowest BCUT2D eigenvalue weighted by molar-refractivity contribution is 0.581. The van der Waals surface area contributed by atoms with Gasteiger partial charge in [0.15, 0.2) is 5.82 Å². The SMILES string of the molecule is CS(=O)(=O)CCn1nnnc1-c1ccc(N)c(F)c1. The van der Waals surface area contributed by atoms with Crippen molar-refractivity contribution in [1.82, 2.24) is 20.2 Å². The van der Waals surface area contributed by atoms with Crippen LogP contribution in [0.25, 0.3) is 11.4 Å². The topological polar surface area (TPSA) is 104 Å². The van der Waals surface area contributed by atoms with Gasteiger partial charge in [0.2, 0.25) is 0 Å². The van der Waals surface area contributed by atoms with Crippen LogP contribution in [0, 0.1) is 5.82 Å². The number of nitrogen functional groups attached to an aromatic ring is 1. The van der Waals surface area contributed by atoms with Crippen LogP contribution in [-0.4, -0.2) is 40.6 Å². The van der Waals surface area contributed by atoms with E-state index in [4.69, 9.17) is 5.73 Å². The first-order chi connectivity index (χ1) is 8.87. The Labute approximate surface area is 109 Å². The Morgan fingerprint density at radius 2 is 2.16 bits per heavy atom. The van der Waals surface area contributed by atoms with E-state index in [1.54, 1.807) is 6.07 Å². The van der Waals surface area contributed by atoms with Crippen LogP contribution in [0.3, 0.4) is 0 Å². The van der Waals surface area contributed by atoms with Gasteiger partial charge in [-0.25, -0.2) is 17.5 Å². The first kappa shape index (κ1) is 13.4. The third kappa shape index (κ3) is 3.25. The number of hydrogen-bond donors (Lipinski definition) is 1. The van der Waals surface area contributed by atoms with Gasteiger partial charge in [-0.05, 0) is 28.6 Å². The van der Waals surface area contributed by atoms with Gasteiger partial charge >= 0.3 is 0 Å². The fourth-order valence-corrected chi connectivity index (χ4v) is 1.99. The van der Waals surface area contributed by atoms with Crippen molar-refractivity contribution in [2.75, 3.05) is 17.7 Å². The van der Waals surface area contributed by atoms with Gasteiger partial charge in [-0.1, -0.05) is 0 Å². The second kappa shape index (κ2) is 4.92. The number of hydrogen-bond acceptors (Lipinski definition) is 6. The Kier molecular flexibility index (Phi) is 3.47. The van der Waals surface area contributed by atoms with Gasteiger partial charge in [0.05, 0.1) is 18.0 Å². The smallest absolute Gasteiger partial charge is 0.182 e. The van der Waals surface area contributed by atoms with Crippen LogP contribution < -0.4 is 5.73 Å². The summed E-state index contributed by atoms with van der Waals surface area (Å²) in [6.45, 7) is 0.104. The van der Waals surface area contributed by atoms with Gasteiger partial charge in [-0.15, -0.1) is 5.10 Å². The van der Waals surface area contributed by atoms with E-state index in [2.05, 4.69) is 15.5 Å². The maximum absolute atomic E-state index is 13.4. The van der Waals surface area contributed by atoms with Gasteiger partial charge in [0.1, 0.15) is 15.7 Å². The zero-order valence-electron chi connectivity index (χ0n) is 10.1. The fraction of sp³-hybridized carbons (Fsp3) is 0.300. The molecule has 9 heteroatoms. The number of aryl methyl sites for hydroxylation is 1. The third-order valence-corrected chi connectivity index (χ3v) is 3.39. The number of aromatic nitrogens is 4. The minimum Gasteiger partial charge on any atom is -0.396 e. The van der Waals surface area contributed by atoms with Crippen molar-refractivity contribution in [2.24, 2.45) is 0 Å². The highest BCUT2D eigenvalue weighted by Crippen LogP contribution is 2.20. The lowest BCUT2D eigenvalue weighted by atomic mass is 10.2. The van der Waals surface area contributed by atoms with Crippen LogP contribution in [0.2, 0.25) is 0 Å². The summed E-state index contributed by atoms with van der Waals surface area (Å²) in [6, 6.07) is 4.18. The van der Waals surface area contributed by atoms with Crippen molar-refractivity contribution >= 4 is 15.5 Å². The van der Waals surface area contributed by atoms with Crippen molar-refractivity contribution in [2.45, 2.75) is 6.54 Å². The minimum atomic E-state index is -3.12. The monoisotopic (exact) mass is 285 g/mol. The number of anilines is 1. The summed E-state index contributed by atoms with van der Waals surface area (Å²) < 4.78 is 36.9. The van der Waals surface area contributed by atoms with E-state index in [9.17, 15) is 12.8 Å². The number of sulfone groups is 1. The molecular weight excluding hydrogens is 273 g/mol. The molecule has 0 atom stereocenters. The summed E-state index contributed by atoms with van der Waals surface area (Å²) >= 11 is 0. The van der Waals surface area contributed by atoms with E-state index in [1.165, 1.54) is 16.8 Å². The van der Waals surface area contributed by atoms with Crippen LogP contribution in [0.15, 0.2) is 18.2 Å². The van der Waals surface area contributed by atoms with Crippen LogP contribution in [-0.2, 0) is 16.4 Å². The van der Waals surface area contributed by atoms with Crippen LogP contribution in [0.4, 0.5) is 10.1 Å². The molecule has 102 valence electrons. The quantitative estimate of drug-likeness (QED) is 0.799. The molecule has 2 N–H and O–H groups in total. The maximum Gasteiger partial charge on any atom is 0.182 e. The standard InChI is InChI=1S/C10H12FN5O2S/c1-19(17,18)5-4-16-10(13-14-15-16)7-2-3-9(12)8(11)6-7/h2-3,6H,4-5,12H2,1H3. The molecule has 0 radical (unpaired) electrons. The molecule has 0 spiro atoms. The maximum atomic E-state index is 13.4. The number of benzene rings is 1. The first-order valence-corrected chi connectivity index (χ1v) is 7.42. The van der Waals surface area contributed by atoms with Crippen LogP contribution >= 0.6 is 0 Å². The van der Waals surface area contributed by atoms with Crippen molar-refractivity contribution < 1.29 is 12.8 Å². The molecule has 2 aromatic rings. The average Bonchev–Trinajstić information content (AvgIpc) is 2.77.